The summed E-state index contributed by atoms with van der Waals surface area (Å²) in [6.07, 6.45) is 2.17. The summed E-state index contributed by atoms with van der Waals surface area (Å²) in [5.41, 5.74) is 2.72. The maximum absolute atomic E-state index is 5.54. The third kappa shape index (κ3) is 4.52. The molecule has 1 rings (SSSR count). The molecule has 17 heavy (non-hydrogen) atoms. The molecule has 0 aromatic carbocycles. The van der Waals surface area contributed by atoms with Gasteiger partial charge in [0.2, 0.25) is 5.96 Å². The predicted molar refractivity (Wildman–Crippen MR) is 70.6 cm³/mol. The minimum atomic E-state index is 0.729. The molecule has 1 aliphatic heterocycles. The van der Waals surface area contributed by atoms with E-state index in [-0.39, 0.29) is 0 Å². The maximum Gasteiger partial charge on any atom is 0.208 e. The van der Waals surface area contributed by atoms with Crippen molar-refractivity contribution < 1.29 is 4.74 Å². The molecule has 1 atom stereocenters. The number of aliphatic imine (C=N–C) groups is 1. The van der Waals surface area contributed by atoms with Crippen LogP contribution in [0.5, 0.6) is 0 Å². The summed E-state index contributed by atoms with van der Waals surface area (Å²) in [5, 5.41) is 0. The lowest BCUT2D eigenvalue weighted by Gasteiger charge is -2.21. The van der Waals surface area contributed by atoms with Gasteiger partial charge in [-0.15, -0.1) is 0 Å². The number of guanidine groups is 1. The monoisotopic (exact) mass is 242 g/mol. The van der Waals surface area contributed by atoms with Gasteiger partial charge in [0.25, 0.3) is 0 Å². The quantitative estimate of drug-likeness (QED) is 0.246. The molecule has 0 aliphatic carbocycles. The molecular formula is C12H26N4O. The molecule has 5 heteroatoms. The zero-order chi connectivity index (χ0) is 12.7. The molecule has 0 radical (unpaired) electrons. The lowest BCUT2D eigenvalue weighted by Crippen LogP contribution is -2.44. The summed E-state index contributed by atoms with van der Waals surface area (Å²) >= 11 is 0. The van der Waals surface area contributed by atoms with Gasteiger partial charge in [-0.05, 0) is 24.7 Å². The average Bonchev–Trinajstić information content (AvgIpc) is 2.79. The van der Waals surface area contributed by atoms with Gasteiger partial charge in [0.1, 0.15) is 0 Å². The van der Waals surface area contributed by atoms with Gasteiger partial charge in [-0.3, -0.25) is 10.4 Å². The molecule has 1 unspecified atom stereocenters. The number of nitrogens with one attached hydrogen (secondary N) is 1. The van der Waals surface area contributed by atoms with Crippen molar-refractivity contribution in [2.45, 2.75) is 26.7 Å². The molecule has 0 saturated carbocycles. The number of hydrazine groups is 1. The number of nitrogens with two attached hydrogens (primary N) is 1. The molecule has 3 N–H and O–H groups in total. The van der Waals surface area contributed by atoms with E-state index in [9.17, 15) is 0 Å². The molecule has 0 amide bonds. The first kappa shape index (κ1) is 14.3. The molecule has 0 aromatic heterocycles. The Balaban J connectivity index is 2.40. The first-order valence-corrected chi connectivity index (χ1v) is 6.44. The van der Waals surface area contributed by atoms with Crippen LogP contribution in [-0.4, -0.2) is 44.2 Å². The largest absolute Gasteiger partial charge is 0.385 e. The summed E-state index contributed by atoms with van der Waals surface area (Å²) in [6.45, 7) is 8.17. The number of ether oxygens (including phenoxy) is 1. The topological polar surface area (TPSA) is 62.9 Å². The minimum absolute atomic E-state index is 0.729. The number of nitrogens with zero attached hydrogens (tertiary/aromatic N) is 2. The first-order valence-electron chi connectivity index (χ1n) is 6.44. The molecule has 0 spiro atoms. The molecule has 1 heterocycles. The van der Waals surface area contributed by atoms with E-state index >= 15 is 0 Å². The van der Waals surface area contributed by atoms with Crippen LogP contribution in [0, 0.1) is 11.8 Å². The van der Waals surface area contributed by atoms with Crippen LogP contribution < -0.4 is 11.3 Å². The van der Waals surface area contributed by atoms with Crippen molar-refractivity contribution in [2.24, 2.45) is 22.7 Å². The number of likely N-dealkylation sites (tertiary alicyclic amines) is 1. The summed E-state index contributed by atoms with van der Waals surface area (Å²) in [5.74, 6) is 7.84. The summed E-state index contributed by atoms with van der Waals surface area (Å²) < 4.78 is 5.00. The fourth-order valence-electron chi connectivity index (χ4n) is 2.15. The van der Waals surface area contributed by atoms with Crippen LogP contribution in [0.15, 0.2) is 4.99 Å². The van der Waals surface area contributed by atoms with Gasteiger partial charge in [-0.2, -0.15) is 0 Å². The lowest BCUT2D eigenvalue weighted by molar-refractivity contribution is 0.197. The van der Waals surface area contributed by atoms with Crippen molar-refractivity contribution in [1.29, 1.82) is 0 Å². The van der Waals surface area contributed by atoms with E-state index in [4.69, 9.17) is 10.6 Å². The third-order valence-electron chi connectivity index (χ3n) is 3.36. The Morgan fingerprint density at radius 2 is 2.35 bits per heavy atom. The summed E-state index contributed by atoms with van der Waals surface area (Å²) in [7, 11) is 1.71. The zero-order valence-electron chi connectivity index (χ0n) is 11.3. The second kappa shape index (κ2) is 7.50. The molecule has 1 aliphatic rings. The van der Waals surface area contributed by atoms with E-state index in [0.29, 0.717) is 0 Å². The molecule has 100 valence electrons. The van der Waals surface area contributed by atoms with Crippen LogP contribution in [0.2, 0.25) is 0 Å². The van der Waals surface area contributed by atoms with E-state index in [0.717, 1.165) is 50.5 Å². The molecule has 1 fully saturated rings. The molecule has 1 saturated heterocycles. The van der Waals surface area contributed by atoms with Crippen molar-refractivity contribution in [2.75, 3.05) is 33.4 Å². The van der Waals surface area contributed by atoms with E-state index in [2.05, 4.69) is 29.2 Å². The van der Waals surface area contributed by atoms with Crippen LogP contribution >= 0.6 is 0 Å². The van der Waals surface area contributed by atoms with Crippen molar-refractivity contribution in [3.63, 3.8) is 0 Å². The van der Waals surface area contributed by atoms with Gasteiger partial charge in [0.15, 0.2) is 0 Å². The molecule has 5 nitrogen and oxygen atoms in total. The van der Waals surface area contributed by atoms with Crippen molar-refractivity contribution >= 4 is 5.96 Å². The van der Waals surface area contributed by atoms with Gasteiger partial charge >= 0.3 is 0 Å². The van der Waals surface area contributed by atoms with E-state index < -0.39 is 0 Å². The normalized spacial score (nSPS) is 21.4. The van der Waals surface area contributed by atoms with Crippen LogP contribution in [0.1, 0.15) is 26.7 Å². The highest BCUT2D eigenvalue weighted by molar-refractivity contribution is 5.79. The summed E-state index contributed by atoms with van der Waals surface area (Å²) in [6, 6.07) is 0. The summed E-state index contributed by atoms with van der Waals surface area (Å²) in [4.78, 5) is 6.73. The Morgan fingerprint density at radius 1 is 1.59 bits per heavy atom. The number of hydrogen-bond acceptors (Lipinski definition) is 3. The molecule has 0 bridgehead atoms. The number of rotatable bonds is 5. The minimum Gasteiger partial charge on any atom is -0.385 e. The Morgan fingerprint density at radius 3 is 2.88 bits per heavy atom. The maximum atomic E-state index is 5.54. The van der Waals surface area contributed by atoms with Gasteiger partial charge in [0, 0.05) is 33.4 Å². The van der Waals surface area contributed by atoms with E-state index in [1.165, 1.54) is 6.42 Å². The second-order valence-corrected chi connectivity index (χ2v) is 4.93. The van der Waals surface area contributed by atoms with Crippen molar-refractivity contribution in [3.8, 4) is 0 Å². The molecular weight excluding hydrogens is 216 g/mol. The van der Waals surface area contributed by atoms with Gasteiger partial charge < -0.3 is 9.64 Å². The van der Waals surface area contributed by atoms with Crippen LogP contribution in [-0.2, 0) is 4.74 Å². The fraction of sp³-hybridized carbons (Fsp3) is 0.917. The Hall–Kier alpha value is -0.810. The standard InChI is InChI=1S/C12H26N4O/c1-10(2)11-5-7-16(9-11)12(15-13)14-6-4-8-17-3/h10-11H,4-9,13H2,1-3H3,(H,14,15). The predicted octanol–water partition coefficient (Wildman–Crippen LogP) is 0.820. The highest BCUT2D eigenvalue weighted by atomic mass is 16.5. The Kier molecular flexibility index (Phi) is 6.29. The van der Waals surface area contributed by atoms with Crippen LogP contribution in [0.3, 0.4) is 0 Å². The fourth-order valence-corrected chi connectivity index (χ4v) is 2.15. The SMILES string of the molecule is COCCCN=C(NN)N1CCC(C(C)C)C1. The van der Waals surface area contributed by atoms with Crippen LogP contribution in [0.4, 0.5) is 0 Å². The van der Waals surface area contributed by atoms with E-state index in [1.54, 1.807) is 7.11 Å². The van der Waals surface area contributed by atoms with Crippen molar-refractivity contribution in [1.82, 2.24) is 10.3 Å². The lowest BCUT2D eigenvalue weighted by atomic mass is 9.95. The second-order valence-electron chi connectivity index (χ2n) is 4.93. The highest BCUT2D eigenvalue weighted by Gasteiger charge is 2.26. The Bertz CT molecular complexity index is 243. The third-order valence-corrected chi connectivity index (χ3v) is 3.36. The molecule has 0 aromatic rings. The van der Waals surface area contributed by atoms with Crippen molar-refractivity contribution in [3.05, 3.63) is 0 Å². The van der Waals surface area contributed by atoms with Gasteiger partial charge in [-0.1, -0.05) is 13.8 Å². The van der Waals surface area contributed by atoms with Crippen LogP contribution in [0.25, 0.3) is 0 Å². The number of hydrogen-bond donors (Lipinski definition) is 2. The smallest absolute Gasteiger partial charge is 0.208 e. The van der Waals surface area contributed by atoms with Gasteiger partial charge in [0.05, 0.1) is 0 Å². The van der Waals surface area contributed by atoms with E-state index in [1.807, 2.05) is 0 Å². The van der Waals surface area contributed by atoms with Gasteiger partial charge in [-0.25, -0.2) is 5.84 Å². The Labute approximate surface area is 104 Å². The zero-order valence-corrected chi connectivity index (χ0v) is 11.3. The first-order chi connectivity index (χ1) is 8.19. The average molecular weight is 242 g/mol. The number of methoxy groups -OCH3 is 1. The highest BCUT2D eigenvalue weighted by Crippen LogP contribution is 2.23.